The van der Waals surface area contributed by atoms with Crippen molar-refractivity contribution in [1.29, 1.82) is 0 Å². The number of carbonyl (C=O) groups is 2. The van der Waals surface area contributed by atoms with Crippen LogP contribution in [0.3, 0.4) is 0 Å². The molecule has 154 valence electrons. The number of aryl methyl sites for hydroxylation is 1. The number of hydrogen-bond acceptors (Lipinski definition) is 6. The maximum absolute atomic E-state index is 13.5. The number of amides is 2. The van der Waals surface area contributed by atoms with Gasteiger partial charge in [0.05, 0.1) is 22.5 Å². The van der Waals surface area contributed by atoms with Crippen LogP contribution in [0.2, 0.25) is 0 Å². The van der Waals surface area contributed by atoms with Crippen LogP contribution in [0.1, 0.15) is 46.1 Å². The van der Waals surface area contributed by atoms with Crippen molar-refractivity contribution >= 4 is 34.7 Å². The summed E-state index contributed by atoms with van der Waals surface area (Å²) in [5.74, 6) is 1.14. The lowest BCUT2D eigenvalue weighted by Crippen LogP contribution is -2.47. The molecule has 2 amide bonds. The Hall–Kier alpha value is -2.87. The second kappa shape index (κ2) is 7.75. The zero-order valence-corrected chi connectivity index (χ0v) is 17.4. The fourth-order valence-electron chi connectivity index (χ4n) is 3.79. The Morgan fingerprint density at radius 1 is 1.27 bits per heavy atom. The normalized spacial score (nSPS) is 18.7. The smallest absolute Gasteiger partial charge is 0.259 e. The van der Waals surface area contributed by atoms with Gasteiger partial charge >= 0.3 is 0 Å². The highest BCUT2D eigenvalue weighted by Gasteiger charge is 2.37. The number of pyridine rings is 1. The van der Waals surface area contributed by atoms with Crippen LogP contribution < -0.4 is 5.32 Å². The average molecular weight is 423 g/mol. The van der Waals surface area contributed by atoms with Crippen molar-refractivity contribution in [3.05, 3.63) is 58.9 Å². The van der Waals surface area contributed by atoms with Crippen molar-refractivity contribution in [3.8, 4) is 0 Å². The molecule has 1 aliphatic heterocycles. The number of nitrogens with one attached hydrogen (secondary N) is 1. The molecule has 1 aliphatic carbocycles. The Bertz CT molecular complexity index is 1110. The molecule has 0 spiro atoms. The first kappa shape index (κ1) is 19.1. The second-order valence-electron chi connectivity index (χ2n) is 7.81. The average Bonchev–Trinajstić information content (AvgIpc) is 3.39. The van der Waals surface area contributed by atoms with E-state index in [1.165, 1.54) is 0 Å². The number of thioether (sulfide) groups is 1. The molecule has 0 unspecified atom stereocenters. The van der Waals surface area contributed by atoms with Crippen LogP contribution in [0.15, 0.2) is 40.9 Å². The molecule has 5 rings (SSSR count). The van der Waals surface area contributed by atoms with E-state index in [2.05, 4.69) is 15.5 Å². The molecule has 1 aromatic carbocycles. The molecule has 1 saturated carbocycles. The summed E-state index contributed by atoms with van der Waals surface area (Å²) in [4.78, 5) is 32.6. The molecular weight excluding hydrogens is 400 g/mol. The molecule has 30 heavy (non-hydrogen) atoms. The van der Waals surface area contributed by atoms with Crippen molar-refractivity contribution in [2.45, 2.75) is 38.3 Å². The number of benzene rings is 1. The van der Waals surface area contributed by atoms with E-state index in [0.717, 1.165) is 24.1 Å². The minimum absolute atomic E-state index is 0.132. The van der Waals surface area contributed by atoms with Crippen molar-refractivity contribution < 1.29 is 14.1 Å². The van der Waals surface area contributed by atoms with E-state index in [4.69, 9.17) is 4.52 Å². The van der Waals surface area contributed by atoms with Gasteiger partial charge in [-0.05, 0) is 31.4 Å². The molecule has 3 aromatic rings. The Morgan fingerprint density at radius 2 is 2.07 bits per heavy atom. The van der Waals surface area contributed by atoms with Gasteiger partial charge in [-0.2, -0.15) is 0 Å². The Morgan fingerprint density at radius 3 is 2.83 bits per heavy atom. The van der Waals surface area contributed by atoms with E-state index in [1.807, 2.05) is 43.3 Å². The predicted molar refractivity (Wildman–Crippen MR) is 114 cm³/mol. The van der Waals surface area contributed by atoms with Gasteiger partial charge in [0, 0.05) is 23.9 Å². The first-order valence-corrected chi connectivity index (χ1v) is 11.2. The lowest BCUT2D eigenvalue weighted by atomic mass is 10.1. The summed E-state index contributed by atoms with van der Waals surface area (Å²) in [5.41, 5.74) is 3.47. The van der Waals surface area contributed by atoms with Crippen LogP contribution in [-0.2, 0) is 11.3 Å². The maximum Gasteiger partial charge on any atom is 0.259 e. The third-order valence-corrected chi connectivity index (χ3v) is 6.63. The van der Waals surface area contributed by atoms with Gasteiger partial charge in [-0.15, -0.1) is 11.8 Å². The highest BCUT2D eigenvalue weighted by molar-refractivity contribution is 7.99. The van der Waals surface area contributed by atoms with Crippen LogP contribution in [0.25, 0.3) is 11.1 Å². The molecule has 8 heteroatoms. The number of rotatable bonds is 5. The van der Waals surface area contributed by atoms with Gasteiger partial charge in [-0.3, -0.25) is 9.59 Å². The van der Waals surface area contributed by atoms with Crippen molar-refractivity contribution in [2.75, 3.05) is 11.6 Å². The summed E-state index contributed by atoms with van der Waals surface area (Å²) < 4.78 is 5.37. The van der Waals surface area contributed by atoms with Gasteiger partial charge in [0.25, 0.3) is 11.6 Å². The number of fused-ring (bicyclic) bond motifs is 1. The van der Waals surface area contributed by atoms with E-state index in [0.29, 0.717) is 46.4 Å². The second-order valence-corrected chi connectivity index (χ2v) is 8.81. The molecule has 0 radical (unpaired) electrons. The van der Waals surface area contributed by atoms with Crippen LogP contribution in [0, 0.1) is 6.92 Å². The van der Waals surface area contributed by atoms with Crippen molar-refractivity contribution in [2.24, 2.45) is 0 Å². The summed E-state index contributed by atoms with van der Waals surface area (Å²) in [5, 5.41) is 7.62. The third kappa shape index (κ3) is 3.56. The lowest BCUT2D eigenvalue weighted by molar-refractivity contribution is -0.124. The zero-order valence-electron chi connectivity index (χ0n) is 16.6. The van der Waals surface area contributed by atoms with E-state index in [1.54, 1.807) is 16.7 Å². The minimum Gasteiger partial charge on any atom is -0.350 e. The van der Waals surface area contributed by atoms with Gasteiger partial charge in [0.15, 0.2) is 0 Å². The van der Waals surface area contributed by atoms with Gasteiger partial charge in [-0.1, -0.05) is 35.5 Å². The van der Waals surface area contributed by atoms with Gasteiger partial charge in [0.2, 0.25) is 5.91 Å². The summed E-state index contributed by atoms with van der Waals surface area (Å²) in [6, 6.07) is 11.1. The number of nitrogens with zero attached hydrogens (tertiary/aromatic N) is 3. The Balaban J connectivity index is 1.40. The molecule has 1 saturated heterocycles. The molecular formula is C22H22N4O3S. The van der Waals surface area contributed by atoms with Gasteiger partial charge in [0.1, 0.15) is 6.04 Å². The van der Waals surface area contributed by atoms with Crippen molar-refractivity contribution in [3.63, 3.8) is 0 Å². The first-order chi connectivity index (χ1) is 14.6. The van der Waals surface area contributed by atoms with Gasteiger partial charge < -0.3 is 14.7 Å². The van der Waals surface area contributed by atoms with Crippen LogP contribution in [-0.4, -0.2) is 44.5 Å². The standard InChI is InChI=1S/C22H22N4O3S/c1-13-19-16(9-17(15-7-8-15)24-21(19)29-25-13)22(28)26-12-30-11-18(26)20(27)23-10-14-5-3-2-4-6-14/h2-6,9,15,18H,7-8,10-12H2,1H3,(H,23,27)/t18-/m1/s1. The molecule has 2 aliphatic rings. The lowest BCUT2D eigenvalue weighted by Gasteiger charge is -2.23. The van der Waals surface area contributed by atoms with E-state index in [-0.39, 0.29) is 11.8 Å². The summed E-state index contributed by atoms with van der Waals surface area (Å²) in [7, 11) is 0. The highest BCUT2D eigenvalue weighted by atomic mass is 32.2. The molecule has 0 bridgehead atoms. The van der Waals surface area contributed by atoms with Crippen LogP contribution in [0.5, 0.6) is 0 Å². The van der Waals surface area contributed by atoms with E-state index in [9.17, 15) is 9.59 Å². The SMILES string of the molecule is Cc1noc2nc(C3CC3)cc(C(=O)N3CSC[C@@H]3C(=O)NCc3ccccc3)c12. The summed E-state index contributed by atoms with van der Waals surface area (Å²) in [6.07, 6.45) is 2.15. The quantitative estimate of drug-likeness (QED) is 0.679. The fourth-order valence-corrected chi connectivity index (χ4v) is 4.94. The fraction of sp³-hybridized carbons (Fsp3) is 0.364. The molecule has 2 fully saturated rings. The topological polar surface area (TPSA) is 88.3 Å². The van der Waals surface area contributed by atoms with Crippen LogP contribution in [0.4, 0.5) is 0 Å². The summed E-state index contributed by atoms with van der Waals surface area (Å²) in [6.45, 7) is 2.25. The molecule has 1 N–H and O–H groups in total. The van der Waals surface area contributed by atoms with E-state index < -0.39 is 6.04 Å². The minimum atomic E-state index is -0.501. The molecule has 3 heterocycles. The van der Waals surface area contributed by atoms with E-state index >= 15 is 0 Å². The zero-order chi connectivity index (χ0) is 20.7. The van der Waals surface area contributed by atoms with Crippen LogP contribution >= 0.6 is 11.8 Å². The molecule has 2 aromatic heterocycles. The van der Waals surface area contributed by atoms with Crippen molar-refractivity contribution in [1.82, 2.24) is 20.4 Å². The third-order valence-electron chi connectivity index (χ3n) is 5.62. The largest absolute Gasteiger partial charge is 0.350 e. The Labute approximate surface area is 178 Å². The molecule has 7 nitrogen and oxygen atoms in total. The number of hydrogen-bond donors (Lipinski definition) is 1. The summed E-state index contributed by atoms with van der Waals surface area (Å²) >= 11 is 1.59. The number of carbonyl (C=O) groups excluding carboxylic acids is 2. The number of aromatic nitrogens is 2. The monoisotopic (exact) mass is 422 g/mol. The maximum atomic E-state index is 13.5. The predicted octanol–water partition coefficient (Wildman–Crippen LogP) is 3.24. The first-order valence-electron chi connectivity index (χ1n) is 10.1. The Kier molecular flexibility index (Phi) is 4.94. The molecule has 1 atom stereocenters. The van der Waals surface area contributed by atoms with Gasteiger partial charge in [-0.25, -0.2) is 4.98 Å². The highest BCUT2D eigenvalue weighted by Crippen LogP contribution is 2.41.